The first-order valence-corrected chi connectivity index (χ1v) is 9.75. The number of amides is 1. The number of carbonyl (C=O) groups excluding carboxylic acids is 1. The van der Waals surface area contributed by atoms with Crippen molar-refractivity contribution < 1.29 is 4.79 Å². The van der Waals surface area contributed by atoms with Crippen LogP contribution in [0.15, 0.2) is 29.4 Å². The standard InChI is InChI=1S/C20H34N6O/c1-15(2)26-13-16(3)18(14-26)24-20(21-4)23-12-19(27)25(5)11-9-17-8-6-7-10-22-17/h6-8,10,15-16,18H,9,11-14H2,1-5H3,(H2,21,23,24). The third kappa shape index (κ3) is 6.50. The van der Waals surface area contributed by atoms with Gasteiger partial charge in [0.2, 0.25) is 5.91 Å². The molecule has 1 saturated heterocycles. The average Bonchev–Trinajstić information content (AvgIpc) is 3.04. The fraction of sp³-hybridized carbons (Fsp3) is 0.650. The highest BCUT2D eigenvalue weighted by Crippen LogP contribution is 2.18. The van der Waals surface area contributed by atoms with Crippen molar-refractivity contribution in [2.45, 2.75) is 39.3 Å². The molecule has 2 unspecified atom stereocenters. The summed E-state index contributed by atoms with van der Waals surface area (Å²) in [6.07, 6.45) is 2.53. The van der Waals surface area contributed by atoms with Gasteiger partial charge in [0.05, 0.1) is 6.54 Å². The van der Waals surface area contributed by atoms with Gasteiger partial charge in [-0.3, -0.25) is 19.7 Å². The van der Waals surface area contributed by atoms with Gasteiger partial charge < -0.3 is 15.5 Å². The Morgan fingerprint density at radius 1 is 1.41 bits per heavy atom. The summed E-state index contributed by atoms with van der Waals surface area (Å²) in [5.74, 6) is 1.27. The lowest BCUT2D eigenvalue weighted by atomic mass is 10.1. The van der Waals surface area contributed by atoms with Crippen LogP contribution in [-0.2, 0) is 11.2 Å². The lowest BCUT2D eigenvalue weighted by molar-refractivity contribution is -0.128. The van der Waals surface area contributed by atoms with Crippen molar-refractivity contribution in [1.29, 1.82) is 0 Å². The van der Waals surface area contributed by atoms with Crippen molar-refractivity contribution in [3.05, 3.63) is 30.1 Å². The molecule has 0 saturated carbocycles. The summed E-state index contributed by atoms with van der Waals surface area (Å²) in [6, 6.07) is 6.73. The zero-order valence-corrected chi connectivity index (χ0v) is 17.3. The molecule has 2 N–H and O–H groups in total. The van der Waals surface area contributed by atoms with Gasteiger partial charge >= 0.3 is 0 Å². The Balaban J connectivity index is 1.75. The summed E-state index contributed by atoms with van der Waals surface area (Å²) >= 11 is 0. The number of hydrogen-bond acceptors (Lipinski definition) is 4. The Labute approximate surface area is 163 Å². The van der Waals surface area contributed by atoms with Gasteiger partial charge in [-0.15, -0.1) is 0 Å². The predicted octanol–water partition coefficient (Wildman–Crippen LogP) is 0.976. The Bertz CT molecular complexity index is 618. The lowest BCUT2D eigenvalue weighted by Gasteiger charge is -2.22. The molecule has 2 atom stereocenters. The zero-order valence-electron chi connectivity index (χ0n) is 17.3. The van der Waals surface area contributed by atoms with Crippen LogP contribution in [0.2, 0.25) is 0 Å². The number of carbonyl (C=O) groups is 1. The van der Waals surface area contributed by atoms with Crippen molar-refractivity contribution in [3.63, 3.8) is 0 Å². The molecule has 1 aromatic rings. The first-order valence-electron chi connectivity index (χ1n) is 9.75. The number of rotatable bonds is 7. The molecular formula is C20H34N6O. The van der Waals surface area contributed by atoms with Gasteiger partial charge in [0.15, 0.2) is 5.96 Å². The third-order valence-corrected chi connectivity index (χ3v) is 5.18. The van der Waals surface area contributed by atoms with E-state index in [4.69, 9.17) is 0 Å². The second-order valence-corrected chi connectivity index (χ2v) is 7.59. The van der Waals surface area contributed by atoms with Crippen molar-refractivity contribution in [2.75, 3.05) is 40.3 Å². The summed E-state index contributed by atoms with van der Waals surface area (Å²) in [5, 5.41) is 6.62. The SMILES string of the molecule is CN=C(NCC(=O)N(C)CCc1ccccn1)NC1CN(C(C)C)CC1C. The number of hydrogen-bond donors (Lipinski definition) is 2. The highest BCUT2D eigenvalue weighted by Gasteiger charge is 2.31. The van der Waals surface area contributed by atoms with Crippen LogP contribution >= 0.6 is 0 Å². The largest absolute Gasteiger partial charge is 0.352 e. The van der Waals surface area contributed by atoms with E-state index < -0.39 is 0 Å². The van der Waals surface area contributed by atoms with Crippen LogP contribution in [0.5, 0.6) is 0 Å². The summed E-state index contributed by atoms with van der Waals surface area (Å²) < 4.78 is 0. The van der Waals surface area contributed by atoms with Gasteiger partial charge in [0, 0.05) is 64.1 Å². The zero-order chi connectivity index (χ0) is 19.8. The monoisotopic (exact) mass is 374 g/mol. The Hall–Kier alpha value is -2.15. The molecule has 150 valence electrons. The Morgan fingerprint density at radius 3 is 2.78 bits per heavy atom. The Kier molecular flexibility index (Phi) is 8.03. The maximum Gasteiger partial charge on any atom is 0.241 e. The molecule has 1 aliphatic rings. The van der Waals surface area contributed by atoms with Gasteiger partial charge in [-0.2, -0.15) is 0 Å². The van der Waals surface area contributed by atoms with Crippen LogP contribution in [0.1, 0.15) is 26.5 Å². The Morgan fingerprint density at radius 2 is 2.19 bits per heavy atom. The normalized spacial score (nSPS) is 20.7. The number of guanidine groups is 1. The molecule has 2 heterocycles. The molecule has 1 fully saturated rings. The van der Waals surface area contributed by atoms with Crippen molar-refractivity contribution >= 4 is 11.9 Å². The fourth-order valence-electron chi connectivity index (χ4n) is 3.23. The maximum absolute atomic E-state index is 12.4. The highest BCUT2D eigenvalue weighted by atomic mass is 16.2. The van der Waals surface area contributed by atoms with Crippen molar-refractivity contribution in [1.82, 2.24) is 25.4 Å². The van der Waals surface area contributed by atoms with E-state index in [0.29, 0.717) is 30.5 Å². The van der Waals surface area contributed by atoms with Gasteiger partial charge in [-0.25, -0.2) is 0 Å². The van der Waals surface area contributed by atoms with E-state index in [-0.39, 0.29) is 12.5 Å². The van der Waals surface area contributed by atoms with Gasteiger partial charge in [-0.05, 0) is 31.9 Å². The minimum Gasteiger partial charge on any atom is -0.352 e. The van der Waals surface area contributed by atoms with E-state index >= 15 is 0 Å². The van der Waals surface area contributed by atoms with Crippen molar-refractivity contribution in [2.24, 2.45) is 10.9 Å². The lowest BCUT2D eigenvalue weighted by Crippen LogP contribution is -2.49. The summed E-state index contributed by atoms with van der Waals surface area (Å²) in [4.78, 5) is 25.1. The molecule has 1 aliphatic heterocycles. The highest BCUT2D eigenvalue weighted by molar-refractivity contribution is 5.86. The van der Waals surface area contributed by atoms with Crippen LogP contribution in [-0.4, -0.2) is 79.0 Å². The molecule has 1 amide bonds. The van der Waals surface area contributed by atoms with E-state index in [9.17, 15) is 4.79 Å². The molecule has 2 rings (SSSR count). The van der Waals surface area contributed by atoms with E-state index in [1.54, 1.807) is 18.1 Å². The number of likely N-dealkylation sites (tertiary alicyclic amines) is 1. The second-order valence-electron chi connectivity index (χ2n) is 7.59. The van der Waals surface area contributed by atoms with Crippen molar-refractivity contribution in [3.8, 4) is 0 Å². The smallest absolute Gasteiger partial charge is 0.241 e. The summed E-state index contributed by atoms with van der Waals surface area (Å²) in [7, 11) is 3.56. The van der Waals surface area contributed by atoms with Crippen LogP contribution in [0.4, 0.5) is 0 Å². The predicted molar refractivity (Wildman–Crippen MR) is 110 cm³/mol. The molecule has 27 heavy (non-hydrogen) atoms. The van der Waals surface area contributed by atoms with Gasteiger partial charge in [0.1, 0.15) is 0 Å². The minimum absolute atomic E-state index is 0.0390. The van der Waals surface area contributed by atoms with Crippen LogP contribution in [0, 0.1) is 5.92 Å². The minimum atomic E-state index is 0.0390. The van der Waals surface area contributed by atoms with Gasteiger partial charge in [-0.1, -0.05) is 13.0 Å². The second kappa shape index (κ2) is 10.3. The average molecular weight is 375 g/mol. The first kappa shape index (κ1) is 21.2. The number of likely N-dealkylation sites (N-methyl/N-ethyl adjacent to an activating group) is 1. The van der Waals surface area contributed by atoms with E-state index in [0.717, 1.165) is 25.2 Å². The molecule has 7 nitrogen and oxygen atoms in total. The summed E-state index contributed by atoms with van der Waals surface area (Å²) in [6.45, 7) is 9.66. The molecule has 0 aliphatic carbocycles. The van der Waals surface area contributed by atoms with Gasteiger partial charge in [0.25, 0.3) is 0 Å². The number of aromatic nitrogens is 1. The fourth-order valence-corrected chi connectivity index (χ4v) is 3.23. The number of pyridine rings is 1. The molecule has 0 bridgehead atoms. The van der Waals surface area contributed by atoms with E-state index in [1.807, 2.05) is 25.2 Å². The van der Waals surface area contributed by atoms with Crippen LogP contribution < -0.4 is 10.6 Å². The molecule has 0 spiro atoms. The molecular weight excluding hydrogens is 340 g/mol. The molecule has 1 aromatic heterocycles. The topological polar surface area (TPSA) is 72.9 Å². The number of nitrogens with zero attached hydrogens (tertiary/aromatic N) is 4. The number of aliphatic imine (C=N–C) groups is 1. The first-order chi connectivity index (χ1) is 12.9. The maximum atomic E-state index is 12.4. The quantitative estimate of drug-likeness (QED) is 0.550. The third-order valence-electron chi connectivity index (χ3n) is 5.18. The van der Waals surface area contributed by atoms with E-state index in [2.05, 4.69) is 46.3 Å². The van der Waals surface area contributed by atoms with E-state index in [1.165, 1.54) is 0 Å². The summed E-state index contributed by atoms with van der Waals surface area (Å²) in [5.41, 5.74) is 0.993. The molecule has 0 aromatic carbocycles. The van der Waals surface area contributed by atoms with Crippen LogP contribution in [0.25, 0.3) is 0 Å². The molecule has 0 radical (unpaired) electrons. The number of nitrogens with one attached hydrogen (secondary N) is 2. The molecule has 7 heteroatoms. The van der Waals surface area contributed by atoms with Crippen LogP contribution in [0.3, 0.4) is 0 Å².